The minimum atomic E-state index is -0.187. The van der Waals surface area contributed by atoms with Crippen LogP contribution < -0.4 is 10.1 Å². The fourth-order valence-electron chi connectivity index (χ4n) is 2.53. The lowest BCUT2D eigenvalue weighted by atomic mass is 10.1. The molecule has 0 aliphatic heterocycles. The van der Waals surface area contributed by atoms with Crippen LogP contribution in [-0.4, -0.2) is 17.5 Å². The first-order valence-electron chi connectivity index (χ1n) is 7.92. The van der Waals surface area contributed by atoms with Gasteiger partial charge in [0.05, 0.1) is 12.3 Å². The van der Waals surface area contributed by atoms with Gasteiger partial charge in [-0.3, -0.25) is 9.78 Å². The molecule has 0 saturated carbocycles. The third-order valence-corrected chi connectivity index (χ3v) is 3.61. The molecule has 0 aliphatic rings. The first-order valence-corrected chi connectivity index (χ1v) is 7.92. The molecule has 0 atom stereocenters. The molecule has 4 heteroatoms. The zero-order valence-electron chi connectivity index (χ0n) is 14.5. The van der Waals surface area contributed by atoms with Crippen molar-refractivity contribution in [3.63, 3.8) is 0 Å². The summed E-state index contributed by atoms with van der Waals surface area (Å²) >= 11 is 0. The van der Waals surface area contributed by atoms with E-state index in [-0.39, 0.29) is 5.91 Å². The molecular formula is C19H24N2O2. The van der Waals surface area contributed by atoms with E-state index in [1.165, 1.54) is 5.56 Å². The zero-order chi connectivity index (χ0) is 17.0. The second-order valence-corrected chi connectivity index (χ2v) is 5.84. The summed E-state index contributed by atoms with van der Waals surface area (Å²) in [5.41, 5.74) is 5.04. The van der Waals surface area contributed by atoms with E-state index in [9.17, 15) is 4.79 Å². The predicted molar refractivity (Wildman–Crippen MR) is 93.4 cm³/mol. The molecule has 0 saturated heterocycles. The molecule has 1 N–H and O–H groups in total. The van der Waals surface area contributed by atoms with Crippen LogP contribution in [0, 0.1) is 27.7 Å². The molecule has 1 aromatic carbocycles. The number of aryl methyl sites for hydroxylation is 4. The normalized spacial score (nSPS) is 10.5. The Kier molecular flexibility index (Phi) is 5.37. The Hall–Kier alpha value is -2.36. The Bertz CT molecular complexity index is 724. The van der Waals surface area contributed by atoms with E-state index in [2.05, 4.69) is 10.3 Å². The molecule has 0 unspecified atom stereocenters. The summed E-state index contributed by atoms with van der Waals surface area (Å²) in [6, 6.07) is 7.77. The molecule has 23 heavy (non-hydrogen) atoms. The number of anilines is 1. The summed E-state index contributed by atoms with van der Waals surface area (Å²) in [6.07, 6.45) is 0.887. The number of carbonyl (C=O) groups is 1. The van der Waals surface area contributed by atoms with Crippen molar-refractivity contribution in [1.82, 2.24) is 4.98 Å². The number of nitrogens with one attached hydrogen (secondary N) is 1. The van der Waals surface area contributed by atoms with Crippen molar-refractivity contribution in [2.75, 3.05) is 11.9 Å². The monoisotopic (exact) mass is 312 g/mol. The van der Waals surface area contributed by atoms with Gasteiger partial charge >= 0.3 is 0 Å². The number of aromatic nitrogens is 1. The number of nitrogens with zero attached hydrogens (tertiary/aromatic N) is 1. The number of amides is 1. The lowest BCUT2D eigenvalue weighted by Crippen LogP contribution is -2.17. The lowest BCUT2D eigenvalue weighted by Gasteiger charge is -2.15. The van der Waals surface area contributed by atoms with Crippen LogP contribution >= 0.6 is 0 Å². The molecule has 1 heterocycles. The number of ether oxygens (including phenoxy) is 1. The highest BCUT2D eigenvalue weighted by molar-refractivity contribution is 6.07. The van der Waals surface area contributed by atoms with Gasteiger partial charge in [0.25, 0.3) is 5.91 Å². The van der Waals surface area contributed by atoms with Crippen LogP contribution in [0.15, 0.2) is 24.3 Å². The standard InChI is InChI=1S/C19H24N2O2/c1-6-9-23-17-11-14(4)20-15(5)18(17)19(22)21-16-8-7-12(2)10-13(16)3/h7-8,10-11H,6,9H2,1-5H3,(H,21,22). The molecule has 0 spiro atoms. The molecule has 0 aliphatic carbocycles. The second kappa shape index (κ2) is 7.27. The van der Waals surface area contributed by atoms with Gasteiger partial charge in [-0.1, -0.05) is 24.6 Å². The quantitative estimate of drug-likeness (QED) is 0.892. The molecule has 0 fully saturated rings. The van der Waals surface area contributed by atoms with Crippen LogP contribution in [0.4, 0.5) is 5.69 Å². The van der Waals surface area contributed by atoms with Crippen molar-refractivity contribution in [3.8, 4) is 5.75 Å². The Labute approximate surface area is 137 Å². The summed E-state index contributed by atoms with van der Waals surface area (Å²) in [6.45, 7) is 10.4. The molecule has 1 amide bonds. The average Bonchev–Trinajstić information content (AvgIpc) is 2.47. The van der Waals surface area contributed by atoms with Crippen LogP contribution in [-0.2, 0) is 0 Å². The fraction of sp³-hybridized carbons (Fsp3) is 0.368. The van der Waals surface area contributed by atoms with Crippen LogP contribution in [0.25, 0.3) is 0 Å². The summed E-state index contributed by atoms with van der Waals surface area (Å²) < 4.78 is 5.76. The van der Waals surface area contributed by atoms with Gasteiger partial charge in [0.15, 0.2) is 0 Å². The highest BCUT2D eigenvalue weighted by Gasteiger charge is 2.18. The van der Waals surface area contributed by atoms with Gasteiger partial charge in [-0.05, 0) is 45.7 Å². The van der Waals surface area contributed by atoms with Crippen molar-refractivity contribution in [2.45, 2.75) is 41.0 Å². The Balaban J connectivity index is 2.34. The molecule has 4 nitrogen and oxygen atoms in total. The van der Waals surface area contributed by atoms with Gasteiger partial charge in [-0.2, -0.15) is 0 Å². The zero-order valence-corrected chi connectivity index (χ0v) is 14.5. The number of hydrogen-bond donors (Lipinski definition) is 1. The number of carbonyl (C=O) groups excluding carboxylic acids is 1. The summed E-state index contributed by atoms with van der Waals surface area (Å²) in [5, 5.41) is 2.97. The minimum absolute atomic E-state index is 0.187. The summed E-state index contributed by atoms with van der Waals surface area (Å²) in [7, 11) is 0. The third kappa shape index (κ3) is 4.09. The van der Waals surface area contributed by atoms with E-state index >= 15 is 0 Å². The van der Waals surface area contributed by atoms with Gasteiger partial charge in [0, 0.05) is 17.4 Å². The van der Waals surface area contributed by atoms with E-state index in [0.29, 0.717) is 23.6 Å². The largest absolute Gasteiger partial charge is 0.493 e. The molecule has 2 aromatic rings. The SMILES string of the molecule is CCCOc1cc(C)nc(C)c1C(=O)Nc1ccc(C)cc1C. The summed E-state index contributed by atoms with van der Waals surface area (Å²) in [4.78, 5) is 17.1. The maximum Gasteiger partial charge on any atom is 0.261 e. The van der Waals surface area contributed by atoms with Gasteiger partial charge in [-0.25, -0.2) is 0 Å². The van der Waals surface area contributed by atoms with E-state index in [4.69, 9.17) is 4.74 Å². The predicted octanol–water partition coefficient (Wildman–Crippen LogP) is 4.36. The maximum absolute atomic E-state index is 12.7. The van der Waals surface area contributed by atoms with Crippen LogP contribution in [0.3, 0.4) is 0 Å². The van der Waals surface area contributed by atoms with E-state index in [1.807, 2.05) is 58.9 Å². The van der Waals surface area contributed by atoms with Crippen LogP contribution in [0.1, 0.15) is 46.2 Å². The van der Waals surface area contributed by atoms with Gasteiger partial charge in [0.2, 0.25) is 0 Å². The number of benzene rings is 1. The molecule has 2 rings (SSSR count). The smallest absolute Gasteiger partial charge is 0.261 e. The van der Waals surface area contributed by atoms with Crippen LogP contribution in [0.5, 0.6) is 5.75 Å². The minimum Gasteiger partial charge on any atom is -0.493 e. The van der Waals surface area contributed by atoms with Crippen LogP contribution in [0.2, 0.25) is 0 Å². The number of rotatable bonds is 5. The van der Waals surface area contributed by atoms with Gasteiger partial charge in [0.1, 0.15) is 11.3 Å². The highest BCUT2D eigenvalue weighted by atomic mass is 16.5. The Morgan fingerprint density at radius 1 is 1.17 bits per heavy atom. The van der Waals surface area contributed by atoms with E-state index in [1.54, 1.807) is 0 Å². The lowest BCUT2D eigenvalue weighted by molar-refractivity contribution is 0.102. The molecule has 1 aromatic heterocycles. The first-order chi connectivity index (χ1) is 10.9. The Morgan fingerprint density at radius 3 is 2.57 bits per heavy atom. The molecular weight excluding hydrogens is 288 g/mol. The topological polar surface area (TPSA) is 51.2 Å². The van der Waals surface area contributed by atoms with E-state index in [0.717, 1.165) is 23.4 Å². The molecule has 122 valence electrons. The van der Waals surface area contributed by atoms with Crippen molar-refractivity contribution < 1.29 is 9.53 Å². The summed E-state index contributed by atoms with van der Waals surface area (Å²) in [5.74, 6) is 0.409. The van der Waals surface area contributed by atoms with Gasteiger partial charge < -0.3 is 10.1 Å². The highest BCUT2D eigenvalue weighted by Crippen LogP contribution is 2.25. The fourth-order valence-corrected chi connectivity index (χ4v) is 2.53. The maximum atomic E-state index is 12.7. The number of hydrogen-bond acceptors (Lipinski definition) is 3. The molecule has 0 bridgehead atoms. The van der Waals surface area contributed by atoms with Crippen molar-refractivity contribution >= 4 is 11.6 Å². The van der Waals surface area contributed by atoms with Crippen molar-refractivity contribution in [3.05, 3.63) is 52.3 Å². The third-order valence-electron chi connectivity index (χ3n) is 3.61. The van der Waals surface area contributed by atoms with Crippen molar-refractivity contribution in [2.24, 2.45) is 0 Å². The van der Waals surface area contributed by atoms with E-state index < -0.39 is 0 Å². The second-order valence-electron chi connectivity index (χ2n) is 5.84. The molecule has 0 radical (unpaired) electrons. The number of pyridine rings is 1. The van der Waals surface area contributed by atoms with Gasteiger partial charge in [-0.15, -0.1) is 0 Å². The first kappa shape index (κ1) is 17.0. The average molecular weight is 312 g/mol. The van der Waals surface area contributed by atoms with Crippen molar-refractivity contribution in [1.29, 1.82) is 0 Å². The Morgan fingerprint density at radius 2 is 1.91 bits per heavy atom.